The van der Waals surface area contributed by atoms with E-state index < -0.39 is 6.61 Å². The van der Waals surface area contributed by atoms with Crippen LogP contribution in [0.25, 0.3) is 16.6 Å². The minimum absolute atomic E-state index is 0.0626. The van der Waals surface area contributed by atoms with Gasteiger partial charge < -0.3 is 15.0 Å². The first kappa shape index (κ1) is 22.5. The number of ether oxygens (including phenoxy) is 1. The maximum absolute atomic E-state index is 12.9. The van der Waals surface area contributed by atoms with E-state index in [4.69, 9.17) is 0 Å². The molecule has 4 rings (SSSR count). The summed E-state index contributed by atoms with van der Waals surface area (Å²) in [6.07, 6.45) is 4.55. The highest BCUT2D eigenvalue weighted by Gasteiger charge is 2.18. The normalized spacial score (nSPS) is 14.4. The Bertz CT molecular complexity index is 1270. The first-order chi connectivity index (χ1) is 15.8. The minimum Gasteiger partial charge on any atom is -0.432 e. The fourth-order valence-electron chi connectivity index (χ4n) is 3.81. The van der Waals surface area contributed by atoms with Crippen LogP contribution in [0.15, 0.2) is 41.3 Å². The molecule has 3 heterocycles. The van der Waals surface area contributed by atoms with Gasteiger partial charge in [0.15, 0.2) is 5.75 Å². The number of nitrogens with one attached hydrogen (secondary N) is 2. The zero-order valence-electron chi connectivity index (χ0n) is 18.2. The Labute approximate surface area is 188 Å². The standard InChI is InChI=1S/C23H23F2N5O3/c1-13-21(31)29-18-9-14(10-19(20(18)28-13)33-23(24)25)12-30-7-5-15(6-8-30)16-3-4-17(27-11-16)22(32)26-2/h3-5,9-11,23H,6-8,12H2,1-2H3,(H,26,32)(H,29,31). The van der Waals surface area contributed by atoms with E-state index in [9.17, 15) is 18.4 Å². The Morgan fingerprint density at radius 2 is 2.15 bits per heavy atom. The lowest BCUT2D eigenvalue weighted by Crippen LogP contribution is -2.28. The predicted octanol–water partition coefficient (Wildman–Crippen LogP) is 2.88. The molecule has 1 amide bonds. The van der Waals surface area contributed by atoms with Crippen LogP contribution < -0.4 is 15.6 Å². The topological polar surface area (TPSA) is 100 Å². The van der Waals surface area contributed by atoms with Crippen molar-refractivity contribution in [2.75, 3.05) is 20.1 Å². The number of alkyl halides is 2. The Morgan fingerprint density at radius 3 is 2.79 bits per heavy atom. The van der Waals surface area contributed by atoms with E-state index in [0.29, 0.717) is 24.3 Å². The molecule has 0 spiro atoms. The molecule has 0 aliphatic carbocycles. The number of amides is 1. The van der Waals surface area contributed by atoms with Gasteiger partial charge in [-0.3, -0.25) is 19.5 Å². The van der Waals surface area contributed by atoms with Gasteiger partial charge in [0, 0.05) is 32.9 Å². The number of hydrogen-bond acceptors (Lipinski definition) is 6. The van der Waals surface area contributed by atoms with Crippen molar-refractivity contribution in [3.05, 3.63) is 69.4 Å². The van der Waals surface area contributed by atoms with Crippen LogP contribution in [0.3, 0.4) is 0 Å². The predicted molar refractivity (Wildman–Crippen MR) is 119 cm³/mol. The average molecular weight is 455 g/mol. The van der Waals surface area contributed by atoms with E-state index in [-0.39, 0.29) is 28.4 Å². The number of nitrogens with zero attached hydrogens (tertiary/aromatic N) is 3. The molecule has 8 nitrogen and oxygen atoms in total. The molecule has 0 atom stereocenters. The van der Waals surface area contributed by atoms with Crippen LogP contribution >= 0.6 is 0 Å². The SMILES string of the molecule is CNC(=O)c1ccc(C2=CCN(Cc3cc(OC(F)F)c4nc(C)c(=O)[nH]c4c3)CC2)cn1. The zero-order chi connectivity index (χ0) is 23.5. The van der Waals surface area contributed by atoms with Crippen LogP contribution in [0, 0.1) is 6.92 Å². The van der Waals surface area contributed by atoms with Crippen molar-refractivity contribution in [3.8, 4) is 5.75 Å². The fourth-order valence-corrected chi connectivity index (χ4v) is 3.81. The average Bonchev–Trinajstić information content (AvgIpc) is 2.80. The summed E-state index contributed by atoms with van der Waals surface area (Å²) in [5.41, 5.74) is 3.54. The summed E-state index contributed by atoms with van der Waals surface area (Å²) in [6.45, 7) is 0.398. The number of carbonyl (C=O) groups excluding carboxylic acids is 1. The molecule has 0 fully saturated rings. The van der Waals surface area contributed by atoms with Crippen LogP contribution in [0.4, 0.5) is 8.78 Å². The molecule has 3 aromatic rings. The number of halogens is 2. The molecule has 1 aliphatic heterocycles. The van der Waals surface area contributed by atoms with Gasteiger partial charge in [-0.25, -0.2) is 4.98 Å². The first-order valence-corrected chi connectivity index (χ1v) is 10.4. The number of H-pyrrole nitrogens is 1. The van der Waals surface area contributed by atoms with Gasteiger partial charge in [0.25, 0.3) is 11.5 Å². The second-order valence-corrected chi connectivity index (χ2v) is 7.75. The highest BCUT2D eigenvalue weighted by atomic mass is 19.3. The smallest absolute Gasteiger partial charge is 0.387 e. The summed E-state index contributed by atoms with van der Waals surface area (Å²) in [5, 5.41) is 2.54. The van der Waals surface area contributed by atoms with Crippen molar-refractivity contribution >= 4 is 22.5 Å². The summed E-state index contributed by atoms with van der Waals surface area (Å²) in [4.78, 5) is 36.8. The lowest BCUT2D eigenvalue weighted by atomic mass is 10.0. The van der Waals surface area contributed by atoms with Crippen molar-refractivity contribution in [1.29, 1.82) is 0 Å². The fraction of sp³-hybridized carbons (Fsp3) is 0.304. The lowest BCUT2D eigenvalue weighted by molar-refractivity contribution is -0.0489. The third kappa shape index (κ3) is 5.06. The summed E-state index contributed by atoms with van der Waals surface area (Å²) in [5.74, 6) is -0.296. The number of pyridine rings is 1. The van der Waals surface area contributed by atoms with E-state index in [1.807, 2.05) is 6.07 Å². The Morgan fingerprint density at radius 1 is 1.33 bits per heavy atom. The number of rotatable bonds is 6. The Balaban J connectivity index is 1.52. The van der Waals surface area contributed by atoms with E-state index in [1.54, 1.807) is 31.4 Å². The minimum atomic E-state index is -3.00. The molecule has 0 unspecified atom stereocenters. The number of fused-ring (bicyclic) bond motifs is 1. The van der Waals surface area contributed by atoms with Crippen molar-refractivity contribution in [3.63, 3.8) is 0 Å². The van der Waals surface area contributed by atoms with E-state index in [2.05, 4.69) is 36.0 Å². The largest absolute Gasteiger partial charge is 0.432 e. The number of aryl methyl sites for hydroxylation is 1. The van der Waals surface area contributed by atoms with Gasteiger partial charge in [-0.15, -0.1) is 0 Å². The van der Waals surface area contributed by atoms with Gasteiger partial charge in [0.05, 0.1) is 5.52 Å². The molecule has 10 heteroatoms. The third-order valence-electron chi connectivity index (χ3n) is 5.50. The number of aromatic amines is 1. The lowest BCUT2D eigenvalue weighted by Gasteiger charge is -2.26. The van der Waals surface area contributed by atoms with E-state index in [1.165, 1.54) is 6.92 Å². The molecule has 0 saturated carbocycles. The molecule has 1 aromatic carbocycles. The summed E-state index contributed by atoms with van der Waals surface area (Å²) < 4.78 is 30.6. The number of aromatic nitrogens is 3. The van der Waals surface area contributed by atoms with Crippen LogP contribution in [-0.2, 0) is 6.54 Å². The monoisotopic (exact) mass is 455 g/mol. The summed E-state index contributed by atoms with van der Waals surface area (Å²) in [6, 6.07) is 6.85. The highest BCUT2D eigenvalue weighted by molar-refractivity contribution is 5.92. The van der Waals surface area contributed by atoms with Gasteiger partial charge in [-0.2, -0.15) is 8.78 Å². The molecule has 0 saturated heterocycles. The van der Waals surface area contributed by atoms with Gasteiger partial charge in [-0.1, -0.05) is 12.1 Å². The molecule has 0 radical (unpaired) electrons. The molecule has 0 bridgehead atoms. The number of hydrogen-bond donors (Lipinski definition) is 2. The van der Waals surface area contributed by atoms with Crippen molar-refractivity contribution in [2.24, 2.45) is 0 Å². The molecular formula is C23H23F2N5O3. The van der Waals surface area contributed by atoms with Crippen LogP contribution in [0.2, 0.25) is 0 Å². The third-order valence-corrected chi connectivity index (χ3v) is 5.50. The second kappa shape index (κ2) is 9.45. The van der Waals surface area contributed by atoms with Gasteiger partial charge in [0.2, 0.25) is 0 Å². The summed E-state index contributed by atoms with van der Waals surface area (Å²) in [7, 11) is 1.56. The number of benzene rings is 1. The molecule has 1 aliphatic rings. The molecule has 2 aromatic heterocycles. The summed E-state index contributed by atoms with van der Waals surface area (Å²) >= 11 is 0. The van der Waals surface area contributed by atoms with Crippen LogP contribution in [0.5, 0.6) is 5.75 Å². The van der Waals surface area contributed by atoms with Crippen LogP contribution in [-0.4, -0.2) is 52.5 Å². The van der Waals surface area contributed by atoms with Gasteiger partial charge in [-0.05, 0) is 48.2 Å². The first-order valence-electron chi connectivity index (χ1n) is 10.4. The van der Waals surface area contributed by atoms with Crippen molar-refractivity contribution in [1.82, 2.24) is 25.2 Å². The van der Waals surface area contributed by atoms with Gasteiger partial charge >= 0.3 is 6.61 Å². The molecule has 33 heavy (non-hydrogen) atoms. The Kier molecular flexibility index (Phi) is 6.45. The maximum atomic E-state index is 12.9. The quantitative estimate of drug-likeness (QED) is 0.593. The van der Waals surface area contributed by atoms with E-state index in [0.717, 1.165) is 29.7 Å². The molecule has 2 N–H and O–H groups in total. The van der Waals surface area contributed by atoms with Crippen LogP contribution in [0.1, 0.15) is 33.7 Å². The van der Waals surface area contributed by atoms with Crippen molar-refractivity contribution < 1.29 is 18.3 Å². The molecular weight excluding hydrogens is 432 g/mol. The number of carbonyl (C=O) groups is 1. The Hall–Kier alpha value is -3.66. The maximum Gasteiger partial charge on any atom is 0.387 e. The van der Waals surface area contributed by atoms with Gasteiger partial charge in [0.1, 0.15) is 16.9 Å². The van der Waals surface area contributed by atoms with E-state index >= 15 is 0 Å². The highest BCUT2D eigenvalue weighted by Crippen LogP contribution is 2.28. The zero-order valence-corrected chi connectivity index (χ0v) is 18.2. The van der Waals surface area contributed by atoms with Crippen molar-refractivity contribution in [2.45, 2.75) is 26.5 Å². The second-order valence-electron chi connectivity index (χ2n) is 7.75. The molecule has 172 valence electrons.